The second-order valence-corrected chi connectivity index (χ2v) is 11.0. The first-order valence-electron chi connectivity index (χ1n) is 13.7. The predicted octanol–water partition coefficient (Wildman–Crippen LogP) is 4.65. The molecule has 7 rings (SSSR count). The van der Waals surface area contributed by atoms with Gasteiger partial charge in [-0.2, -0.15) is 0 Å². The van der Waals surface area contributed by atoms with Crippen molar-refractivity contribution in [2.45, 2.75) is 57.1 Å². The zero-order valence-electron chi connectivity index (χ0n) is 23.6. The Kier molecular flexibility index (Phi) is 6.27. The van der Waals surface area contributed by atoms with E-state index in [1.165, 1.54) is 0 Å². The number of hydrogen-bond donors (Lipinski definition) is 0. The Labute approximate surface area is 237 Å². The molecule has 2 saturated heterocycles. The molecule has 2 fully saturated rings. The van der Waals surface area contributed by atoms with Gasteiger partial charge in [-0.1, -0.05) is 6.07 Å². The average Bonchev–Trinajstić information content (AvgIpc) is 3.67. The third-order valence-corrected chi connectivity index (χ3v) is 8.15. The number of Topliss-reactive ketones (excluding diaryl/α,β-unsaturated/α-hetero) is 1. The Morgan fingerprint density at radius 2 is 1.63 bits per heavy atom. The zero-order chi connectivity index (χ0) is 28.5. The highest BCUT2D eigenvalue weighted by Gasteiger charge is 2.52. The summed E-state index contributed by atoms with van der Waals surface area (Å²) in [5.74, 6) is 2.19. The Hall–Kier alpha value is -3.57. The maximum absolute atomic E-state index is 13.5. The lowest BCUT2D eigenvalue weighted by Gasteiger charge is -2.37. The maximum Gasteiger partial charge on any atom is 0.231 e. The molecule has 3 heterocycles. The first kappa shape index (κ1) is 26.3. The number of methoxy groups -OCH3 is 3. The smallest absolute Gasteiger partial charge is 0.231 e. The van der Waals surface area contributed by atoms with Gasteiger partial charge in [0.25, 0.3) is 0 Å². The molecule has 216 valence electrons. The van der Waals surface area contributed by atoms with E-state index in [1.807, 2.05) is 44.2 Å². The molecule has 10 heteroatoms. The van der Waals surface area contributed by atoms with E-state index in [0.29, 0.717) is 47.2 Å². The summed E-state index contributed by atoms with van der Waals surface area (Å²) in [6.45, 7) is 4.18. The first-order valence-corrected chi connectivity index (χ1v) is 13.7. The van der Waals surface area contributed by atoms with Crippen molar-refractivity contribution in [2.24, 2.45) is 0 Å². The van der Waals surface area contributed by atoms with Gasteiger partial charge in [0.15, 0.2) is 34.6 Å². The second-order valence-electron chi connectivity index (χ2n) is 11.0. The van der Waals surface area contributed by atoms with E-state index >= 15 is 0 Å². The van der Waals surface area contributed by atoms with E-state index in [2.05, 4.69) is 0 Å². The number of carbonyl (C=O) groups is 1. The maximum atomic E-state index is 13.5. The van der Waals surface area contributed by atoms with Crippen LogP contribution in [0.2, 0.25) is 0 Å². The van der Waals surface area contributed by atoms with Crippen LogP contribution < -0.4 is 23.7 Å². The largest absolute Gasteiger partial charge is 0.493 e. The van der Waals surface area contributed by atoms with Crippen molar-refractivity contribution < 1.29 is 47.4 Å². The van der Waals surface area contributed by atoms with Gasteiger partial charge in [-0.25, -0.2) is 0 Å². The minimum Gasteiger partial charge on any atom is -0.493 e. The van der Waals surface area contributed by atoms with Crippen LogP contribution in [0.1, 0.15) is 36.2 Å². The molecule has 1 aliphatic carbocycles. The van der Waals surface area contributed by atoms with Crippen LogP contribution in [-0.2, 0) is 25.4 Å². The van der Waals surface area contributed by atoms with E-state index in [1.54, 1.807) is 21.3 Å². The Morgan fingerprint density at radius 1 is 0.878 bits per heavy atom. The fraction of sp³-hybridized carbons (Fsp3) is 0.452. The Bertz CT molecular complexity index is 1550. The third kappa shape index (κ3) is 4.20. The van der Waals surface area contributed by atoms with Crippen LogP contribution in [0.3, 0.4) is 0 Å². The number of fused-ring (bicyclic) bond motifs is 4. The molecular weight excluding hydrogens is 532 g/mol. The number of ether oxygens (including phenoxy) is 9. The topological polar surface area (TPSA) is 100 Å². The van der Waals surface area contributed by atoms with Crippen molar-refractivity contribution in [2.75, 3.05) is 34.7 Å². The SMILES string of the molecule is COc1cc2c(OC3OCC4OC(C)(C)OC4C3OC)c3c(c(-c4ccc5c(c4)OCO5)c2cc1OC)C(=O)CC3. The van der Waals surface area contributed by atoms with Crippen molar-refractivity contribution in [3.63, 3.8) is 0 Å². The van der Waals surface area contributed by atoms with Gasteiger partial charge >= 0.3 is 0 Å². The molecular formula is C31H32O10. The number of ketones is 1. The summed E-state index contributed by atoms with van der Waals surface area (Å²) in [7, 11) is 4.77. The minimum absolute atomic E-state index is 0.0383. The van der Waals surface area contributed by atoms with Crippen molar-refractivity contribution in [3.05, 3.63) is 41.5 Å². The van der Waals surface area contributed by atoms with Gasteiger partial charge in [-0.05, 0) is 55.5 Å². The highest BCUT2D eigenvalue weighted by molar-refractivity contribution is 6.16. The number of rotatable bonds is 6. The molecule has 0 bridgehead atoms. The van der Waals surface area contributed by atoms with Crippen molar-refractivity contribution in [1.82, 2.24) is 0 Å². The number of benzene rings is 3. The van der Waals surface area contributed by atoms with E-state index in [9.17, 15) is 4.79 Å². The molecule has 3 aromatic carbocycles. The second kappa shape index (κ2) is 9.77. The summed E-state index contributed by atoms with van der Waals surface area (Å²) in [5, 5.41) is 1.53. The molecule has 3 aliphatic heterocycles. The van der Waals surface area contributed by atoms with Gasteiger partial charge in [0.05, 0.1) is 20.8 Å². The fourth-order valence-corrected chi connectivity index (χ4v) is 6.40. The molecule has 0 radical (unpaired) electrons. The van der Waals surface area contributed by atoms with Crippen molar-refractivity contribution >= 4 is 16.6 Å². The molecule has 0 spiro atoms. The van der Waals surface area contributed by atoms with Crippen LogP contribution in [0.4, 0.5) is 0 Å². The first-order chi connectivity index (χ1) is 19.8. The molecule has 41 heavy (non-hydrogen) atoms. The Balaban J connectivity index is 1.42. The summed E-state index contributed by atoms with van der Waals surface area (Å²) in [5.41, 5.74) is 3.04. The van der Waals surface area contributed by atoms with Crippen LogP contribution in [0, 0.1) is 0 Å². The predicted molar refractivity (Wildman–Crippen MR) is 146 cm³/mol. The molecule has 4 atom stereocenters. The lowest BCUT2D eigenvalue weighted by Crippen LogP contribution is -2.54. The molecule has 4 aliphatic rings. The fourth-order valence-electron chi connectivity index (χ4n) is 6.40. The van der Waals surface area contributed by atoms with Gasteiger partial charge in [-0.15, -0.1) is 0 Å². The van der Waals surface area contributed by atoms with E-state index < -0.39 is 18.2 Å². The van der Waals surface area contributed by atoms with Crippen LogP contribution in [0.25, 0.3) is 21.9 Å². The number of carbonyl (C=O) groups excluding carboxylic acids is 1. The summed E-state index contributed by atoms with van der Waals surface area (Å²) in [6.07, 6.45) is -1.14. The van der Waals surface area contributed by atoms with E-state index in [-0.39, 0.29) is 31.4 Å². The Morgan fingerprint density at radius 3 is 2.39 bits per heavy atom. The van der Waals surface area contributed by atoms with Gasteiger partial charge < -0.3 is 42.6 Å². The molecule has 0 saturated carbocycles. The van der Waals surface area contributed by atoms with Crippen LogP contribution in [0.15, 0.2) is 30.3 Å². The standard InChI is InChI=1S/C31H32O10/c1-31(2)40-24-13-36-30(29(35-5)28(24)41-31)39-27-16-7-8-19(32)26(16)25(15-6-9-20-23(10-15)38-14-37-20)17-11-21(33-3)22(34-4)12-18(17)27/h6,9-12,24,28-30H,7-8,13-14H2,1-5H3. The molecule has 3 aromatic rings. The molecule has 4 unspecified atom stereocenters. The summed E-state index contributed by atoms with van der Waals surface area (Å²) < 4.78 is 53.5. The monoisotopic (exact) mass is 564 g/mol. The molecule has 0 amide bonds. The van der Waals surface area contributed by atoms with Crippen molar-refractivity contribution in [3.8, 4) is 39.9 Å². The normalized spacial score (nSPS) is 25.7. The van der Waals surface area contributed by atoms with Crippen molar-refractivity contribution in [1.29, 1.82) is 0 Å². The number of hydrogen-bond acceptors (Lipinski definition) is 10. The highest BCUT2D eigenvalue weighted by atomic mass is 16.8. The van der Waals surface area contributed by atoms with E-state index in [0.717, 1.165) is 27.5 Å². The van der Waals surface area contributed by atoms with Gasteiger partial charge in [0.2, 0.25) is 13.1 Å². The van der Waals surface area contributed by atoms with Gasteiger partial charge in [0, 0.05) is 35.6 Å². The third-order valence-electron chi connectivity index (χ3n) is 8.15. The average molecular weight is 565 g/mol. The lowest BCUT2D eigenvalue weighted by molar-refractivity contribution is -0.226. The minimum atomic E-state index is -0.800. The zero-order valence-corrected chi connectivity index (χ0v) is 23.6. The van der Waals surface area contributed by atoms with Crippen LogP contribution in [-0.4, -0.2) is 70.9 Å². The molecule has 0 N–H and O–H groups in total. The summed E-state index contributed by atoms with van der Waals surface area (Å²) in [6, 6.07) is 9.48. The van der Waals surface area contributed by atoms with E-state index in [4.69, 9.17) is 42.6 Å². The van der Waals surface area contributed by atoms with Crippen LogP contribution >= 0.6 is 0 Å². The molecule has 0 aromatic heterocycles. The quantitative estimate of drug-likeness (QED) is 0.421. The van der Waals surface area contributed by atoms with Gasteiger partial charge in [-0.3, -0.25) is 4.79 Å². The lowest BCUT2D eigenvalue weighted by atomic mass is 9.89. The summed E-state index contributed by atoms with van der Waals surface area (Å²) in [4.78, 5) is 13.5. The van der Waals surface area contributed by atoms with Crippen LogP contribution in [0.5, 0.6) is 28.7 Å². The highest BCUT2D eigenvalue weighted by Crippen LogP contribution is 2.50. The summed E-state index contributed by atoms with van der Waals surface area (Å²) >= 11 is 0. The van der Waals surface area contributed by atoms with Gasteiger partial charge in [0.1, 0.15) is 24.1 Å². The molecule has 10 nitrogen and oxygen atoms in total.